The molecule has 0 atom stereocenters. The normalized spacial score (nSPS) is 13.6. The summed E-state index contributed by atoms with van der Waals surface area (Å²) in [7, 11) is 0. The number of hydrogen-bond donors (Lipinski definition) is 3. The Hall–Kier alpha value is -7.40. The number of amides is 1. The van der Waals surface area contributed by atoms with Gasteiger partial charge in [-0.1, -0.05) is 83.6 Å². The first-order valence-electron chi connectivity index (χ1n) is 26.5. The number of fused-ring (bicyclic) bond motifs is 8. The van der Waals surface area contributed by atoms with Gasteiger partial charge in [0.2, 0.25) is 0 Å². The Morgan fingerprint density at radius 2 is 0.823 bits per heavy atom. The second-order valence-electron chi connectivity index (χ2n) is 20.0. The Morgan fingerprint density at radius 3 is 1.24 bits per heavy atom. The van der Waals surface area contributed by atoms with Gasteiger partial charge in [0, 0.05) is 72.8 Å². The van der Waals surface area contributed by atoms with Crippen molar-refractivity contribution in [3.8, 4) is 56.3 Å². The molecule has 8 heteroatoms. The molecule has 6 nitrogen and oxygen atoms in total. The average Bonchev–Trinajstić information content (AvgIpc) is 4.47. The third-order valence-electron chi connectivity index (χ3n) is 14.2. The molecule has 2 aliphatic heterocycles. The molecule has 2 fully saturated rings. The maximum absolute atomic E-state index is 12.6. The van der Waals surface area contributed by atoms with Crippen molar-refractivity contribution in [3.05, 3.63) is 258 Å². The summed E-state index contributed by atoms with van der Waals surface area (Å²) in [5.41, 5.74) is 25.6. The Balaban J connectivity index is 0.00000111. The molecular formula is C71H59FeN5OS+2. The zero-order valence-electron chi connectivity index (χ0n) is 45.3. The topological polar surface area (TPSA) is 86.5 Å². The quantitative estimate of drug-likeness (QED) is 0.0843. The zero-order chi connectivity index (χ0) is 53.9. The van der Waals surface area contributed by atoms with Crippen molar-refractivity contribution < 1.29 is 21.9 Å². The number of nitrogens with zero attached hydrogens (tertiary/aromatic N) is 2. The first-order chi connectivity index (χ1) is 38.0. The summed E-state index contributed by atoms with van der Waals surface area (Å²) < 4.78 is 0. The van der Waals surface area contributed by atoms with Crippen LogP contribution < -0.4 is 5.32 Å². The van der Waals surface area contributed by atoms with Gasteiger partial charge in [0.05, 0.1) is 22.8 Å². The molecule has 386 valence electrons. The van der Waals surface area contributed by atoms with E-state index in [9.17, 15) is 4.79 Å². The van der Waals surface area contributed by atoms with E-state index in [1.54, 1.807) is 0 Å². The summed E-state index contributed by atoms with van der Waals surface area (Å²) in [5, 5.41) is 2.83. The molecule has 0 saturated heterocycles. The van der Waals surface area contributed by atoms with Crippen LogP contribution in [-0.4, -0.2) is 31.7 Å². The maximum atomic E-state index is 12.6. The van der Waals surface area contributed by atoms with E-state index in [1.807, 2.05) is 51.2 Å². The number of H-pyrrole nitrogens is 2. The van der Waals surface area contributed by atoms with Gasteiger partial charge in [-0.2, -0.15) is 0 Å². The number of aryl methyl sites for hydroxylation is 6. The largest absolute Gasteiger partial charge is 2.00 e. The van der Waals surface area contributed by atoms with Crippen LogP contribution in [-0.2, 0) is 17.1 Å². The van der Waals surface area contributed by atoms with Crippen molar-refractivity contribution in [2.24, 2.45) is 0 Å². The van der Waals surface area contributed by atoms with Crippen LogP contribution in [0.1, 0.15) is 79.8 Å². The predicted octanol–water partition coefficient (Wildman–Crippen LogP) is 17.2. The third kappa shape index (κ3) is 12.0. The molecule has 12 rings (SSSR count). The standard InChI is InChI=1S/C66H54N5OS.C5H5.Fe/c1-8-67-66(72)73-51-25-23-50(24-26-51)63-54-29-33-58(70-54)64(60-41(4)35-39(2)36-42(60)5)56-31-27-52(68-56)62(49-21-17-46(18-22-49)14-13-45-15-19-48(20-16-45)47-11-9-10-12-47)53-28-32-57(69-53)65(59-34-30-55(63)71-59)61-43(6)37-40(3)38-44(61)7;1-2-4-5-3-1;/h9-12,15-38,70-71H,8H2,1-7H3,(H,67,72);1-5H;/q;;+2. The predicted molar refractivity (Wildman–Crippen MR) is 327 cm³/mol. The molecule has 2 aliphatic carbocycles. The molecule has 0 spiro atoms. The molecule has 4 aliphatic rings. The fraction of sp³-hybridized carbons (Fsp3) is 0.113. The minimum absolute atomic E-state index is 0. The summed E-state index contributed by atoms with van der Waals surface area (Å²) in [6.45, 7) is 15.6. The maximum Gasteiger partial charge on any atom is 2.00 e. The zero-order valence-corrected chi connectivity index (χ0v) is 47.2. The second kappa shape index (κ2) is 24.3. The summed E-state index contributed by atoms with van der Waals surface area (Å²) in [6, 6.07) is 42.9. The van der Waals surface area contributed by atoms with Gasteiger partial charge in [-0.3, -0.25) is 4.79 Å². The molecule has 0 unspecified atom stereocenters. The van der Waals surface area contributed by atoms with Crippen molar-refractivity contribution in [1.82, 2.24) is 25.3 Å². The van der Waals surface area contributed by atoms with Gasteiger partial charge in [0.25, 0.3) is 5.24 Å². The molecule has 2 saturated carbocycles. The van der Waals surface area contributed by atoms with Gasteiger partial charge in [0.1, 0.15) is 0 Å². The fourth-order valence-corrected chi connectivity index (χ4v) is 11.7. The van der Waals surface area contributed by atoms with Gasteiger partial charge >= 0.3 is 17.1 Å². The molecule has 5 heterocycles. The third-order valence-corrected chi connectivity index (χ3v) is 15.1. The van der Waals surface area contributed by atoms with Crippen LogP contribution >= 0.6 is 11.8 Å². The first-order valence-corrected chi connectivity index (χ1v) is 27.3. The van der Waals surface area contributed by atoms with Gasteiger partial charge < -0.3 is 15.3 Å². The van der Waals surface area contributed by atoms with E-state index < -0.39 is 0 Å². The van der Waals surface area contributed by atoms with Crippen molar-refractivity contribution >= 4 is 63.4 Å². The summed E-state index contributed by atoms with van der Waals surface area (Å²) >= 11 is 1.20. The van der Waals surface area contributed by atoms with Gasteiger partial charge in [-0.15, -0.1) is 0 Å². The molecule has 8 bridgehead atoms. The van der Waals surface area contributed by atoms with E-state index in [4.69, 9.17) is 9.97 Å². The number of nitrogens with one attached hydrogen (secondary N) is 3. The Labute approximate surface area is 481 Å². The van der Waals surface area contributed by atoms with E-state index >= 15 is 0 Å². The monoisotopic (exact) mass is 1090 g/mol. The summed E-state index contributed by atoms with van der Waals surface area (Å²) in [6.07, 6.45) is 26.9. The van der Waals surface area contributed by atoms with Crippen LogP contribution in [0.4, 0.5) is 4.79 Å². The van der Waals surface area contributed by atoms with E-state index in [1.165, 1.54) is 56.6 Å². The van der Waals surface area contributed by atoms with Crippen LogP contribution in [0.2, 0.25) is 0 Å². The van der Waals surface area contributed by atoms with Crippen LogP contribution in [0.3, 0.4) is 0 Å². The Bertz CT molecular complexity index is 3680. The molecule has 3 aromatic heterocycles. The molecule has 3 N–H and O–H groups in total. The first kappa shape index (κ1) is 54.9. The van der Waals surface area contributed by atoms with Crippen LogP contribution in [0, 0.1) is 117 Å². The van der Waals surface area contributed by atoms with E-state index in [-0.39, 0.29) is 22.3 Å². The van der Waals surface area contributed by atoms with Crippen LogP contribution in [0.25, 0.3) is 90.9 Å². The number of rotatable bonds is 7. The number of carbonyl (C=O) groups is 1. The van der Waals surface area contributed by atoms with Crippen molar-refractivity contribution in [1.29, 1.82) is 0 Å². The Morgan fingerprint density at radius 1 is 0.456 bits per heavy atom. The van der Waals surface area contributed by atoms with E-state index in [0.29, 0.717) is 6.54 Å². The smallest absolute Gasteiger partial charge is 0.354 e. The molecule has 10 radical (unpaired) electrons. The van der Waals surface area contributed by atoms with Crippen LogP contribution in [0.5, 0.6) is 0 Å². The number of aromatic amines is 2. The minimum Gasteiger partial charge on any atom is -0.354 e. The molecule has 8 aromatic rings. The number of benzene rings is 5. The van der Waals surface area contributed by atoms with Gasteiger partial charge in [-0.05, 0) is 253 Å². The van der Waals surface area contributed by atoms with Gasteiger partial charge in [-0.25, -0.2) is 9.97 Å². The SMILES string of the molecule is CCNC(=O)Sc1ccc(-c2c3ccc([nH]3)c(-c3c(C)cc(C)cc3C)c3nc(c(-c4ccc(C#Cc5ccc([C]6[CH][CH][CH][CH]6)cc5)cc4)c4nc(c(-c5c(C)cc(C)cc5C)c5ccc2[nH]5)C=C4)C=C3)cc1.[CH]1[CH][CH][CH][CH]1.[Fe+2]. The minimum atomic E-state index is -0.0746. The van der Waals surface area contributed by atoms with Crippen molar-refractivity contribution in [2.45, 2.75) is 53.4 Å². The fourth-order valence-electron chi connectivity index (χ4n) is 11.0. The van der Waals surface area contributed by atoms with E-state index in [0.717, 1.165) is 105 Å². The van der Waals surface area contributed by atoms with E-state index in [2.05, 4.69) is 228 Å². The summed E-state index contributed by atoms with van der Waals surface area (Å²) in [4.78, 5) is 32.5. The average molecular weight is 1090 g/mol. The van der Waals surface area contributed by atoms with Gasteiger partial charge in [0.15, 0.2) is 0 Å². The van der Waals surface area contributed by atoms with Crippen LogP contribution in [0.15, 0.2) is 126 Å². The molecule has 5 aromatic carbocycles. The molecule has 79 heavy (non-hydrogen) atoms. The number of thioether (sulfide) groups is 1. The molecule has 1 amide bonds. The van der Waals surface area contributed by atoms with Crippen molar-refractivity contribution in [2.75, 3.05) is 6.54 Å². The van der Waals surface area contributed by atoms with Crippen molar-refractivity contribution in [3.63, 3.8) is 0 Å². The molecular weight excluding hydrogens is 1030 g/mol. The Kier molecular flexibility index (Phi) is 16.9. The second-order valence-corrected chi connectivity index (χ2v) is 21.1. The summed E-state index contributed by atoms with van der Waals surface area (Å²) in [5.74, 6) is 8.00. The number of aromatic nitrogens is 4. The number of carbonyl (C=O) groups excluding carboxylic acids is 1. The number of hydrogen-bond acceptors (Lipinski definition) is 4.